The number of β-amino-alcohol motifs (C(OH)–C–C–N with tert-alkyl or cyclic N) is 1. The summed E-state index contributed by atoms with van der Waals surface area (Å²) in [4.78, 5) is 13.0. The highest BCUT2D eigenvalue weighted by Crippen LogP contribution is 2.34. The quantitative estimate of drug-likeness (QED) is 0.700. The minimum Gasteiger partial charge on any atom is -0.480 e. The van der Waals surface area contributed by atoms with Gasteiger partial charge in [-0.05, 0) is 24.8 Å². The summed E-state index contributed by atoms with van der Waals surface area (Å²) in [6.07, 6.45) is 1.95. The Kier molecular flexibility index (Phi) is 3.50. The predicted molar refractivity (Wildman–Crippen MR) is 53.1 cm³/mol. The minimum absolute atomic E-state index is 0.0276. The Hall–Kier alpha value is -0.610. The second kappa shape index (κ2) is 4.28. The van der Waals surface area contributed by atoms with Crippen LogP contribution < -0.4 is 0 Å². The van der Waals surface area contributed by atoms with E-state index in [4.69, 9.17) is 10.2 Å². The molecule has 1 aliphatic rings. The van der Waals surface area contributed by atoms with Crippen molar-refractivity contribution in [3.63, 3.8) is 0 Å². The van der Waals surface area contributed by atoms with Crippen LogP contribution in [0.4, 0.5) is 0 Å². The second-order valence-electron chi connectivity index (χ2n) is 4.59. The number of rotatable bonds is 3. The van der Waals surface area contributed by atoms with Crippen molar-refractivity contribution in [2.75, 3.05) is 19.7 Å². The number of aliphatic hydroxyl groups is 1. The molecule has 82 valence electrons. The van der Waals surface area contributed by atoms with Crippen molar-refractivity contribution < 1.29 is 15.0 Å². The fourth-order valence-electron chi connectivity index (χ4n) is 2.36. The van der Waals surface area contributed by atoms with E-state index in [-0.39, 0.29) is 12.0 Å². The molecule has 0 aromatic heterocycles. The van der Waals surface area contributed by atoms with E-state index >= 15 is 0 Å². The average molecular weight is 201 g/mol. The number of carboxylic acids is 1. The zero-order valence-corrected chi connectivity index (χ0v) is 8.86. The lowest BCUT2D eigenvalue weighted by atomic mass is 9.76. The molecule has 0 radical (unpaired) electrons. The highest BCUT2D eigenvalue weighted by molar-refractivity contribution is 5.74. The molecule has 14 heavy (non-hydrogen) atoms. The van der Waals surface area contributed by atoms with Crippen molar-refractivity contribution >= 4 is 5.97 Å². The van der Waals surface area contributed by atoms with Gasteiger partial charge in [0.2, 0.25) is 0 Å². The van der Waals surface area contributed by atoms with Gasteiger partial charge in [-0.2, -0.15) is 0 Å². The number of carboxylic acid groups (broad SMARTS) is 1. The molecule has 2 N–H and O–H groups in total. The fourth-order valence-corrected chi connectivity index (χ4v) is 2.36. The molecule has 0 spiro atoms. The molecule has 1 unspecified atom stereocenters. The first kappa shape index (κ1) is 11.5. The van der Waals surface area contributed by atoms with E-state index in [2.05, 4.69) is 0 Å². The third kappa shape index (κ3) is 2.25. The molecule has 0 aromatic rings. The lowest BCUT2D eigenvalue weighted by Gasteiger charge is -2.43. The van der Waals surface area contributed by atoms with Crippen molar-refractivity contribution in [1.82, 2.24) is 4.90 Å². The van der Waals surface area contributed by atoms with Crippen LogP contribution in [0, 0.1) is 5.41 Å². The van der Waals surface area contributed by atoms with Crippen molar-refractivity contribution in [1.29, 1.82) is 0 Å². The van der Waals surface area contributed by atoms with Gasteiger partial charge in [-0.3, -0.25) is 9.69 Å². The van der Waals surface area contributed by atoms with Crippen LogP contribution in [0.25, 0.3) is 0 Å². The van der Waals surface area contributed by atoms with Gasteiger partial charge >= 0.3 is 5.97 Å². The molecule has 4 nitrogen and oxygen atoms in total. The van der Waals surface area contributed by atoms with Crippen LogP contribution in [-0.2, 0) is 4.79 Å². The SMILES string of the molecule is CC1(C)CCCN(CCO)C1C(=O)O. The summed E-state index contributed by atoms with van der Waals surface area (Å²) < 4.78 is 0. The second-order valence-corrected chi connectivity index (χ2v) is 4.59. The standard InChI is InChI=1S/C10H19NO3/c1-10(2)4-3-5-11(6-7-12)8(10)9(13)14/h8,12H,3-7H2,1-2H3,(H,13,14). The molecule has 0 saturated carbocycles. The van der Waals surface area contributed by atoms with Crippen LogP contribution in [0.3, 0.4) is 0 Å². The third-order valence-corrected chi connectivity index (χ3v) is 2.99. The van der Waals surface area contributed by atoms with Crippen LogP contribution >= 0.6 is 0 Å². The first-order valence-corrected chi connectivity index (χ1v) is 5.07. The highest BCUT2D eigenvalue weighted by atomic mass is 16.4. The van der Waals surface area contributed by atoms with E-state index in [1.807, 2.05) is 18.7 Å². The lowest BCUT2D eigenvalue weighted by molar-refractivity contribution is -0.150. The molecule has 0 aromatic carbocycles. The van der Waals surface area contributed by atoms with Crippen LogP contribution in [0.15, 0.2) is 0 Å². The Morgan fingerprint density at radius 2 is 2.21 bits per heavy atom. The maximum absolute atomic E-state index is 11.1. The molecular formula is C10H19NO3. The Labute approximate surface area is 84.5 Å². The monoisotopic (exact) mass is 201 g/mol. The van der Waals surface area contributed by atoms with E-state index in [1.54, 1.807) is 0 Å². The summed E-state index contributed by atoms with van der Waals surface area (Å²) in [5, 5.41) is 18.0. The zero-order valence-electron chi connectivity index (χ0n) is 8.86. The topological polar surface area (TPSA) is 60.8 Å². The van der Waals surface area contributed by atoms with Crippen LogP contribution in [0.5, 0.6) is 0 Å². The molecule has 1 heterocycles. The Balaban J connectivity index is 2.79. The van der Waals surface area contributed by atoms with Gasteiger partial charge in [0.25, 0.3) is 0 Å². The van der Waals surface area contributed by atoms with Gasteiger partial charge in [0.05, 0.1) is 6.61 Å². The zero-order chi connectivity index (χ0) is 10.8. The Morgan fingerprint density at radius 3 is 2.71 bits per heavy atom. The highest BCUT2D eigenvalue weighted by Gasteiger charge is 2.41. The number of hydrogen-bond donors (Lipinski definition) is 2. The predicted octanol–water partition coefficient (Wildman–Crippen LogP) is 0.554. The largest absolute Gasteiger partial charge is 0.480 e. The summed E-state index contributed by atoms with van der Waals surface area (Å²) in [7, 11) is 0. The maximum Gasteiger partial charge on any atom is 0.321 e. The normalized spacial score (nSPS) is 27.5. The van der Waals surface area contributed by atoms with Crippen molar-refractivity contribution in [3.8, 4) is 0 Å². The molecule has 0 aliphatic carbocycles. The van der Waals surface area contributed by atoms with Crippen LogP contribution in [-0.4, -0.2) is 46.8 Å². The summed E-state index contributed by atoms with van der Waals surface area (Å²) in [6.45, 7) is 5.23. The van der Waals surface area contributed by atoms with Crippen LogP contribution in [0.2, 0.25) is 0 Å². The molecule has 1 fully saturated rings. The average Bonchev–Trinajstić information content (AvgIpc) is 2.01. The number of hydrogen-bond acceptors (Lipinski definition) is 3. The van der Waals surface area contributed by atoms with Gasteiger partial charge in [-0.25, -0.2) is 0 Å². The molecule has 0 amide bonds. The van der Waals surface area contributed by atoms with Gasteiger partial charge in [0.1, 0.15) is 6.04 Å². The van der Waals surface area contributed by atoms with Crippen LogP contribution in [0.1, 0.15) is 26.7 Å². The molecule has 1 rings (SSSR count). The number of aliphatic hydroxyl groups excluding tert-OH is 1. The van der Waals surface area contributed by atoms with Gasteiger partial charge in [0, 0.05) is 6.54 Å². The number of carbonyl (C=O) groups is 1. The van der Waals surface area contributed by atoms with E-state index < -0.39 is 12.0 Å². The Morgan fingerprint density at radius 1 is 1.57 bits per heavy atom. The van der Waals surface area contributed by atoms with Gasteiger partial charge < -0.3 is 10.2 Å². The number of nitrogens with zero attached hydrogens (tertiary/aromatic N) is 1. The van der Waals surface area contributed by atoms with Crippen molar-refractivity contribution in [3.05, 3.63) is 0 Å². The molecule has 1 aliphatic heterocycles. The van der Waals surface area contributed by atoms with Gasteiger partial charge in [-0.1, -0.05) is 13.8 Å². The first-order valence-electron chi connectivity index (χ1n) is 5.07. The van der Waals surface area contributed by atoms with E-state index in [1.165, 1.54) is 0 Å². The molecular weight excluding hydrogens is 182 g/mol. The van der Waals surface area contributed by atoms with Gasteiger partial charge in [0.15, 0.2) is 0 Å². The van der Waals surface area contributed by atoms with Crippen molar-refractivity contribution in [2.24, 2.45) is 5.41 Å². The molecule has 0 bridgehead atoms. The summed E-state index contributed by atoms with van der Waals surface area (Å²) >= 11 is 0. The summed E-state index contributed by atoms with van der Waals surface area (Å²) in [5.41, 5.74) is -0.195. The molecule has 1 saturated heterocycles. The maximum atomic E-state index is 11.1. The lowest BCUT2D eigenvalue weighted by Crippen LogP contribution is -2.54. The van der Waals surface area contributed by atoms with E-state index in [9.17, 15) is 4.79 Å². The van der Waals surface area contributed by atoms with E-state index in [0.717, 1.165) is 19.4 Å². The summed E-state index contributed by atoms with van der Waals surface area (Å²) in [5.74, 6) is -0.775. The van der Waals surface area contributed by atoms with Gasteiger partial charge in [-0.15, -0.1) is 0 Å². The molecule has 4 heteroatoms. The fraction of sp³-hybridized carbons (Fsp3) is 0.900. The number of piperidine rings is 1. The summed E-state index contributed by atoms with van der Waals surface area (Å²) in [6, 6.07) is -0.455. The smallest absolute Gasteiger partial charge is 0.321 e. The number of aliphatic carboxylic acids is 1. The van der Waals surface area contributed by atoms with E-state index in [0.29, 0.717) is 6.54 Å². The third-order valence-electron chi connectivity index (χ3n) is 2.99. The minimum atomic E-state index is -0.775. The molecule has 1 atom stereocenters. The first-order chi connectivity index (χ1) is 6.49. The van der Waals surface area contributed by atoms with Crippen molar-refractivity contribution in [2.45, 2.75) is 32.7 Å². The number of likely N-dealkylation sites (tertiary alicyclic amines) is 1. The Bertz CT molecular complexity index is 213.